The van der Waals surface area contributed by atoms with Gasteiger partial charge in [0, 0.05) is 18.3 Å². The highest BCUT2D eigenvalue weighted by Crippen LogP contribution is 2.08. The second kappa shape index (κ2) is 6.06. The first-order valence-corrected chi connectivity index (χ1v) is 7.14. The molecule has 0 saturated carbocycles. The number of rotatable bonds is 4. The Morgan fingerprint density at radius 3 is 2.94 bits per heavy atom. The third-order valence-electron chi connectivity index (χ3n) is 2.28. The van der Waals surface area contributed by atoms with Gasteiger partial charge < -0.3 is 5.32 Å². The lowest BCUT2D eigenvalue weighted by atomic mass is 10.3. The number of amides is 1. The van der Waals surface area contributed by atoms with Gasteiger partial charge in [-0.15, -0.1) is 11.3 Å². The van der Waals surface area contributed by atoms with E-state index < -0.39 is 0 Å². The van der Waals surface area contributed by atoms with Crippen LogP contribution in [0.4, 0.5) is 0 Å². The van der Waals surface area contributed by atoms with Crippen molar-refractivity contribution >= 4 is 33.2 Å². The molecule has 2 aromatic rings. The van der Waals surface area contributed by atoms with Crippen molar-refractivity contribution in [2.75, 3.05) is 6.54 Å². The normalized spacial score (nSPS) is 10.3. The zero-order valence-electron chi connectivity index (χ0n) is 9.81. The maximum Gasteiger partial charge on any atom is 0.269 e. The van der Waals surface area contributed by atoms with E-state index in [-0.39, 0.29) is 5.91 Å². The highest BCUT2D eigenvalue weighted by molar-refractivity contribution is 9.10. The van der Waals surface area contributed by atoms with Gasteiger partial charge in [0.25, 0.3) is 5.91 Å². The molecule has 2 aromatic heterocycles. The Hall–Kier alpha value is -1.27. The molecule has 0 aliphatic rings. The minimum Gasteiger partial charge on any atom is -0.350 e. The lowest BCUT2D eigenvalue weighted by Gasteiger charge is -2.03. The Balaban J connectivity index is 1.85. The number of hydrogen-bond donors (Lipinski definition) is 1. The fourth-order valence-corrected chi connectivity index (χ4v) is 2.44. The zero-order chi connectivity index (χ0) is 13.0. The van der Waals surface area contributed by atoms with Gasteiger partial charge in [0.15, 0.2) is 0 Å². The van der Waals surface area contributed by atoms with Crippen molar-refractivity contribution in [3.63, 3.8) is 0 Å². The predicted octanol–water partition coefficient (Wildman–Crippen LogP) is 2.58. The first-order valence-electron chi connectivity index (χ1n) is 5.47. The molecule has 0 fully saturated rings. The summed E-state index contributed by atoms with van der Waals surface area (Å²) in [5, 5.41) is 5.89. The van der Waals surface area contributed by atoms with E-state index in [9.17, 15) is 4.79 Å². The summed E-state index contributed by atoms with van der Waals surface area (Å²) in [5.74, 6) is -0.164. The Labute approximate surface area is 118 Å². The van der Waals surface area contributed by atoms with Crippen molar-refractivity contribution in [1.82, 2.24) is 15.3 Å². The van der Waals surface area contributed by atoms with Gasteiger partial charge in [-0.05, 0) is 35.0 Å². The molecule has 2 heterocycles. The van der Waals surface area contributed by atoms with Crippen LogP contribution in [0.5, 0.6) is 0 Å². The number of aromatic nitrogens is 2. The van der Waals surface area contributed by atoms with Crippen molar-refractivity contribution in [2.24, 2.45) is 0 Å². The zero-order valence-corrected chi connectivity index (χ0v) is 12.2. The molecule has 0 saturated heterocycles. The number of nitrogens with one attached hydrogen (secondary N) is 1. The third-order valence-corrected chi connectivity index (χ3v) is 3.54. The number of carbonyl (C=O) groups excluding carboxylic acids is 1. The number of thiazole rings is 1. The number of aryl methyl sites for hydroxylation is 1. The van der Waals surface area contributed by atoms with E-state index in [0.717, 1.165) is 17.1 Å². The molecule has 0 aromatic carbocycles. The maximum absolute atomic E-state index is 11.8. The van der Waals surface area contributed by atoms with Gasteiger partial charge in [-0.3, -0.25) is 4.79 Å². The quantitative estimate of drug-likeness (QED) is 0.879. The number of hydrogen-bond acceptors (Lipinski definition) is 4. The second-order valence-electron chi connectivity index (χ2n) is 3.71. The molecule has 4 nitrogen and oxygen atoms in total. The molecule has 0 bridgehead atoms. The van der Waals surface area contributed by atoms with Gasteiger partial charge in [-0.25, -0.2) is 9.97 Å². The second-order valence-corrected chi connectivity index (χ2v) is 5.58. The SMILES string of the molecule is Cc1nc(CCNC(=O)c2cccc(Br)n2)cs1. The fraction of sp³-hybridized carbons (Fsp3) is 0.250. The van der Waals surface area contributed by atoms with Crippen LogP contribution in [0, 0.1) is 6.92 Å². The van der Waals surface area contributed by atoms with Gasteiger partial charge in [0.05, 0.1) is 10.7 Å². The fourth-order valence-electron chi connectivity index (χ4n) is 1.45. The molecule has 0 atom stereocenters. The summed E-state index contributed by atoms with van der Waals surface area (Å²) in [4.78, 5) is 20.2. The molecular formula is C12H12BrN3OS. The third kappa shape index (κ3) is 3.61. The summed E-state index contributed by atoms with van der Waals surface area (Å²) < 4.78 is 0.658. The Morgan fingerprint density at radius 1 is 1.44 bits per heavy atom. The van der Waals surface area contributed by atoms with Crippen LogP contribution in [0.1, 0.15) is 21.2 Å². The molecule has 0 unspecified atom stereocenters. The molecule has 18 heavy (non-hydrogen) atoms. The summed E-state index contributed by atoms with van der Waals surface area (Å²) in [5.41, 5.74) is 1.43. The van der Waals surface area contributed by atoms with E-state index in [1.807, 2.05) is 12.3 Å². The minimum atomic E-state index is -0.164. The van der Waals surface area contributed by atoms with Gasteiger partial charge in [-0.1, -0.05) is 6.07 Å². The van der Waals surface area contributed by atoms with Crippen LogP contribution in [0.2, 0.25) is 0 Å². The monoisotopic (exact) mass is 325 g/mol. The summed E-state index contributed by atoms with van der Waals surface area (Å²) >= 11 is 4.86. The highest BCUT2D eigenvalue weighted by atomic mass is 79.9. The molecule has 94 valence electrons. The molecule has 6 heteroatoms. The summed E-state index contributed by atoms with van der Waals surface area (Å²) in [7, 11) is 0. The van der Waals surface area contributed by atoms with Gasteiger partial charge in [-0.2, -0.15) is 0 Å². The van der Waals surface area contributed by atoms with E-state index in [4.69, 9.17) is 0 Å². The largest absolute Gasteiger partial charge is 0.350 e. The van der Waals surface area contributed by atoms with Crippen LogP contribution >= 0.6 is 27.3 Å². The smallest absolute Gasteiger partial charge is 0.269 e. The molecule has 0 radical (unpaired) electrons. The van der Waals surface area contributed by atoms with E-state index in [2.05, 4.69) is 31.2 Å². The van der Waals surface area contributed by atoms with Crippen molar-refractivity contribution in [2.45, 2.75) is 13.3 Å². The van der Waals surface area contributed by atoms with Crippen LogP contribution < -0.4 is 5.32 Å². The summed E-state index contributed by atoms with van der Waals surface area (Å²) in [6.45, 7) is 2.54. The van der Waals surface area contributed by atoms with Gasteiger partial charge in [0.1, 0.15) is 10.3 Å². The first kappa shape index (κ1) is 13.2. The van der Waals surface area contributed by atoms with Gasteiger partial charge >= 0.3 is 0 Å². The van der Waals surface area contributed by atoms with Crippen molar-refractivity contribution in [3.05, 3.63) is 44.6 Å². The minimum absolute atomic E-state index is 0.164. The number of nitrogens with zero attached hydrogens (tertiary/aromatic N) is 2. The molecule has 1 amide bonds. The molecule has 0 spiro atoms. The van der Waals surface area contributed by atoms with Crippen LogP contribution in [0.3, 0.4) is 0 Å². The van der Waals surface area contributed by atoms with E-state index in [1.165, 1.54) is 0 Å². The average molecular weight is 326 g/mol. The standard InChI is InChI=1S/C12H12BrN3OS/c1-8-15-9(7-18-8)5-6-14-12(17)10-3-2-4-11(13)16-10/h2-4,7H,5-6H2,1H3,(H,14,17). The topological polar surface area (TPSA) is 54.9 Å². The first-order chi connectivity index (χ1) is 8.65. The lowest BCUT2D eigenvalue weighted by Crippen LogP contribution is -2.26. The van der Waals surface area contributed by atoms with Crippen molar-refractivity contribution in [3.8, 4) is 0 Å². The highest BCUT2D eigenvalue weighted by Gasteiger charge is 2.07. The Morgan fingerprint density at radius 2 is 2.28 bits per heavy atom. The van der Waals surface area contributed by atoms with Crippen LogP contribution in [0.15, 0.2) is 28.2 Å². The summed E-state index contributed by atoms with van der Waals surface area (Å²) in [6, 6.07) is 5.26. The number of carbonyl (C=O) groups is 1. The van der Waals surface area contributed by atoms with Crippen molar-refractivity contribution in [1.29, 1.82) is 0 Å². The van der Waals surface area contributed by atoms with Crippen molar-refractivity contribution < 1.29 is 4.79 Å². The maximum atomic E-state index is 11.8. The van der Waals surface area contributed by atoms with E-state index >= 15 is 0 Å². The lowest BCUT2D eigenvalue weighted by molar-refractivity contribution is 0.0949. The Kier molecular flexibility index (Phi) is 4.43. The van der Waals surface area contributed by atoms with E-state index in [1.54, 1.807) is 29.5 Å². The summed E-state index contributed by atoms with van der Waals surface area (Å²) in [6.07, 6.45) is 0.740. The molecule has 0 aliphatic carbocycles. The molecular weight excluding hydrogens is 314 g/mol. The number of halogens is 1. The van der Waals surface area contributed by atoms with Gasteiger partial charge in [0.2, 0.25) is 0 Å². The van der Waals surface area contributed by atoms with Crippen LogP contribution in [0.25, 0.3) is 0 Å². The molecule has 2 rings (SSSR count). The predicted molar refractivity (Wildman–Crippen MR) is 74.8 cm³/mol. The Bertz CT molecular complexity index is 556. The van der Waals surface area contributed by atoms with E-state index in [0.29, 0.717) is 16.8 Å². The van der Waals surface area contributed by atoms with Crippen LogP contribution in [-0.4, -0.2) is 22.4 Å². The van der Waals surface area contributed by atoms with Crippen LogP contribution in [-0.2, 0) is 6.42 Å². The molecule has 0 aliphatic heterocycles. The molecule has 1 N–H and O–H groups in total. The number of pyridine rings is 1. The average Bonchev–Trinajstić information content (AvgIpc) is 2.75.